The molecule has 2 aromatic rings. The van der Waals surface area contributed by atoms with Gasteiger partial charge < -0.3 is 15.6 Å². The summed E-state index contributed by atoms with van der Waals surface area (Å²) in [6, 6.07) is 8.86. The number of carbonyl (C=O) groups is 1. The van der Waals surface area contributed by atoms with Gasteiger partial charge in [-0.2, -0.15) is 0 Å². The lowest BCUT2D eigenvalue weighted by molar-refractivity contribution is -0.116. The molecule has 0 bridgehead atoms. The maximum Gasteiger partial charge on any atom is 0.253 e. The Morgan fingerprint density at radius 1 is 1.30 bits per heavy atom. The molecule has 2 rings (SSSR count). The zero-order valence-electron chi connectivity index (χ0n) is 11.5. The van der Waals surface area contributed by atoms with E-state index in [4.69, 9.17) is 5.73 Å². The van der Waals surface area contributed by atoms with Gasteiger partial charge in [0.2, 0.25) is 5.91 Å². The van der Waals surface area contributed by atoms with E-state index in [0.29, 0.717) is 16.9 Å². The summed E-state index contributed by atoms with van der Waals surface area (Å²) in [5.74, 6) is -0.284. The van der Waals surface area contributed by atoms with Crippen LogP contribution in [0.15, 0.2) is 41.3 Å². The topological polar surface area (TPSA) is 77.1 Å². The summed E-state index contributed by atoms with van der Waals surface area (Å²) < 4.78 is 1.37. The zero-order valence-corrected chi connectivity index (χ0v) is 11.5. The molecule has 1 aromatic carbocycles. The van der Waals surface area contributed by atoms with Crippen LogP contribution in [0.2, 0.25) is 0 Å². The van der Waals surface area contributed by atoms with Crippen LogP contribution in [0.25, 0.3) is 0 Å². The summed E-state index contributed by atoms with van der Waals surface area (Å²) >= 11 is 0. The molecule has 0 fully saturated rings. The van der Waals surface area contributed by atoms with E-state index in [1.807, 2.05) is 13.0 Å². The van der Waals surface area contributed by atoms with Crippen molar-refractivity contribution >= 4 is 17.3 Å². The number of nitrogen functional groups attached to an aromatic ring is 1. The Kier molecular flexibility index (Phi) is 3.89. The Balaban J connectivity index is 2.13. The first-order valence-electron chi connectivity index (χ1n) is 6.29. The molecule has 1 amide bonds. The quantitative estimate of drug-likeness (QED) is 0.834. The Morgan fingerprint density at radius 2 is 2.05 bits per heavy atom. The van der Waals surface area contributed by atoms with Crippen molar-refractivity contribution in [1.82, 2.24) is 4.57 Å². The highest BCUT2D eigenvalue weighted by Gasteiger charge is 2.08. The molecule has 0 saturated carbocycles. The number of amides is 1. The molecule has 1 aromatic heterocycles. The Bertz CT molecular complexity index is 705. The number of anilines is 2. The lowest BCUT2D eigenvalue weighted by atomic mass is 10.2. The highest BCUT2D eigenvalue weighted by atomic mass is 16.2. The third-order valence-electron chi connectivity index (χ3n) is 3.01. The van der Waals surface area contributed by atoms with Crippen LogP contribution in [0.4, 0.5) is 11.4 Å². The highest BCUT2D eigenvalue weighted by Crippen LogP contribution is 2.19. The number of pyridine rings is 1. The number of nitrogens with zero attached hydrogens (tertiary/aromatic N) is 1. The minimum absolute atomic E-state index is 0.0339. The molecule has 0 saturated heterocycles. The minimum atomic E-state index is -0.284. The lowest BCUT2D eigenvalue weighted by Crippen LogP contribution is -2.28. The van der Waals surface area contributed by atoms with Crippen molar-refractivity contribution in [3.63, 3.8) is 0 Å². The molecular formula is C15H17N3O2. The van der Waals surface area contributed by atoms with Crippen LogP contribution in [-0.4, -0.2) is 10.5 Å². The van der Waals surface area contributed by atoms with Gasteiger partial charge in [0, 0.05) is 11.8 Å². The van der Waals surface area contributed by atoms with Crippen molar-refractivity contribution in [2.24, 2.45) is 0 Å². The van der Waals surface area contributed by atoms with Crippen molar-refractivity contribution in [3.05, 3.63) is 58.0 Å². The van der Waals surface area contributed by atoms with E-state index >= 15 is 0 Å². The minimum Gasteiger partial charge on any atom is -0.397 e. The second-order valence-electron chi connectivity index (χ2n) is 4.76. The third kappa shape index (κ3) is 3.06. The van der Waals surface area contributed by atoms with Gasteiger partial charge in [0.05, 0.1) is 11.4 Å². The van der Waals surface area contributed by atoms with E-state index in [2.05, 4.69) is 5.32 Å². The van der Waals surface area contributed by atoms with E-state index in [9.17, 15) is 9.59 Å². The molecule has 1 heterocycles. The average Bonchev–Trinajstić information content (AvgIpc) is 2.38. The first-order chi connectivity index (χ1) is 9.47. The summed E-state index contributed by atoms with van der Waals surface area (Å²) in [4.78, 5) is 23.8. The van der Waals surface area contributed by atoms with Crippen LogP contribution >= 0.6 is 0 Å². The number of hydrogen-bond donors (Lipinski definition) is 2. The van der Waals surface area contributed by atoms with Gasteiger partial charge in [0.1, 0.15) is 6.54 Å². The molecule has 0 aliphatic rings. The van der Waals surface area contributed by atoms with E-state index in [0.717, 1.165) is 5.56 Å². The largest absolute Gasteiger partial charge is 0.397 e. The van der Waals surface area contributed by atoms with Crippen molar-refractivity contribution in [3.8, 4) is 0 Å². The van der Waals surface area contributed by atoms with E-state index < -0.39 is 0 Å². The van der Waals surface area contributed by atoms with Crippen LogP contribution in [-0.2, 0) is 11.3 Å². The van der Waals surface area contributed by atoms with Gasteiger partial charge in [-0.1, -0.05) is 12.1 Å². The second-order valence-corrected chi connectivity index (χ2v) is 4.76. The van der Waals surface area contributed by atoms with Crippen LogP contribution in [0.1, 0.15) is 11.1 Å². The van der Waals surface area contributed by atoms with E-state index in [1.54, 1.807) is 37.4 Å². The smallest absolute Gasteiger partial charge is 0.253 e. The van der Waals surface area contributed by atoms with Gasteiger partial charge in [-0.25, -0.2) is 0 Å². The number of rotatable bonds is 3. The Morgan fingerprint density at radius 3 is 2.75 bits per heavy atom. The number of nitrogens with one attached hydrogen (secondary N) is 1. The molecule has 104 valence electrons. The van der Waals surface area contributed by atoms with Crippen LogP contribution in [0.3, 0.4) is 0 Å². The summed E-state index contributed by atoms with van der Waals surface area (Å²) in [6.45, 7) is 3.61. The lowest BCUT2D eigenvalue weighted by Gasteiger charge is -2.10. The van der Waals surface area contributed by atoms with Gasteiger partial charge in [0.25, 0.3) is 5.56 Å². The van der Waals surface area contributed by atoms with Crippen LogP contribution in [0, 0.1) is 13.8 Å². The predicted octanol–water partition coefficient (Wildman–Crippen LogP) is 1.69. The predicted molar refractivity (Wildman–Crippen MR) is 79.7 cm³/mol. The molecule has 5 heteroatoms. The third-order valence-corrected chi connectivity index (χ3v) is 3.01. The second kappa shape index (κ2) is 5.61. The number of nitrogens with two attached hydrogens (primary N) is 1. The van der Waals surface area contributed by atoms with E-state index in [1.165, 1.54) is 4.57 Å². The summed E-state index contributed by atoms with van der Waals surface area (Å²) in [5.41, 5.74) is 8.36. The Hall–Kier alpha value is -2.56. The van der Waals surface area contributed by atoms with Crippen molar-refractivity contribution in [2.45, 2.75) is 20.4 Å². The average molecular weight is 271 g/mol. The number of carbonyl (C=O) groups excluding carboxylic acids is 1. The standard InChI is InChI=1S/C15H17N3O2/c1-10-5-6-13(12(16)8-10)17-14(19)9-18-7-3-4-11(2)15(18)20/h3-8H,9,16H2,1-2H3,(H,17,19). The van der Waals surface area contributed by atoms with Gasteiger partial charge in [-0.3, -0.25) is 9.59 Å². The van der Waals surface area contributed by atoms with Crippen molar-refractivity contribution in [2.75, 3.05) is 11.1 Å². The maximum absolute atomic E-state index is 12.0. The molecule has 0 spiro atoms. The molecule has 0 aliphatic heterocycles. The number of aryl methyl sites for hydroxylation is 2. The van der Waals surface area contributed by atoms with Crippen LogP contribution < -0.4 is 16.6 Å². The number of aromatic nitrogens is 1. The maximum atomic E-state index is 12.0. The summed E-state index contributed by atoms with van der Waals surface area (Å²) in [7, 11) is 0. The fraction of sp³-hybridized carbons (Fsp3) is 0.200. The van der Waals surface area contributed by atoms with Gasteiger partial charge in [-0.15, -0.1) is 0 Å². The molecule has 3 N–H and O–H groups in total. The zero-order chi connectivity index (χ0) is 14.7. The molecule has 0 atom stereocenters. The van der Waals surface area contributed by atoms with Gasteiger partial charge in [-0.05, 0) is 37.6 Å². The molecule has 5 nitrogen and oxygen atoms in total. The molecule has 20 heavy (non-hydrogen) atoms. The molecule has 0 unspecified atom stereocenters. The number of hydrogen-bond acceptors (Lipinski definition) is 3. The van der Waals surface area contributed by atoms with Crippen molar-refractivity contribution < 1.29 is 4.79 Å². The molecular weight excluding hydrogens is 254 g/mol. The Labute approximate surface area is 117 Å². The fourth-order valence-corrected chi connectivity index (χ4v) is 1.92. The summed E-state index contributed by atoms with van der Waals surface area (Å²) in [6.07, 6.45) is 1.59. The first-order valence-corrected chi connectivity index (χ1v) is 6.29. The molecule has 0 radical (unpaired) electrons. The fourth-order valence-electron chi connectivity index (χ4n) is 1.92. The SMILES string of the molecule is Cc1ccc(NC(=O)Cn2cccc(C)c2=O)c(N)c1. The van der Waals surface area contributed by atoms with Crippen molar-refractivity contribution in [1.29, 1.82) is 0 Å². The van der Waals surface area contributed by atoms with Crippen LogP contribution in [0.5, 0.6) is 0 Å². The highest BCUT2D eigenvalue weighted by molar-refractivity contribution is 5.93. The monoisotopic (exact) mass is 271 g/mol. The summed E-state index contributed by atoms with van der Waals surface area (Å²) in [5, 5.41) is 2.71. The normalized spacial score (nSPS) is 10.3. The van der Waals surface area contributed by atoms with Gasteiger partial charge in [0.15, 0.2) is 0 Å². The van der Waals surface area contributed by atoms with Gasteiger partial charge >= 0.3 is 0 Å². The first kappa shape index (κ1) is 13.9. The molecule has 0 aliphatic carbocycles. The number of benzene rings is 1. The van der Waals surface area contributed by atoms with E-state index in [-0.39, 0.29) is 18.0 Å².